The van der Waals surface area contributed by atoms with Gasteiger partial charge in [-0.05, 0) is 42.7 Å². The van der Waals surface area contributed by atoms with Crippen LogP contribution in [-0.2, 0) is 29.0 Å². The van der Waals surface area contributed by atoms with E-state index >= 15 is 0 Å². The Morgan fingerprint density at radius 3 is 2.09 bits per heavy atom. The van der Waals surface area contributed by atoms with Crippen molar-refractivity contribution in [2.75, 3.05) is 7.05 Å². The van der Waals surface area contributed by atoms with Crippen LogP contribution >= 0.6 is 11.6 Å². The molecule has 0 bridgehead atoms. The van der Waals surface area contributed by atoms with Crippen molar-refractivity contribution in [2.24, 2.45) is 0 Å². The number of amides is 2. The van der Waals surface area contributed by atoms with Gasteiger partial charge in [-0.1, -0.05) is 83.4 Å². The number of hydrogen-bond acceptors (Lipinski definition) is 2. The predicted octanol–water partition coefficient (Wildman–Crippen LogP) is 4.89. The normalized spacial score (nSPS) is 11.6. The van der Waals surface area contributed by atoms with Crippen LogP contribution in [0.25, 0.3) is 0 Å². The molecule has 4 nitrogen and oxygen atoms in total. The van der Waals surface area contributed by atoms with Gasteiger partial charge in [-0.25, -0.2) is 0 Å². The minimum atomic E-state index is -0.628. The zero-order valence-corrected chi connectivity index (χ0v) is 19.5. The molecule has 3 aromatic carbocycles. The Hall–Kier alpha value is -3.11. The molecule has 1 N–H and O–H groups in total. The molecular formula is C27H29ClN2O2. The number of nitrogens with one attached hydrogen (secondary N) is 1. The van der Waals surface area contributed by atoms with Crippen LogP contribution < -0.4 is 5.32 Å². The lowest BCUT2D eigenvalue weighted by molar-refractivity contribution is -0.140. The molecule has 0 saturated heterocycles. The first-order valence-electron chi connectivity index (χ1n) is 10.7. The van der Waals surface area contributed by atoms with Gasteiger partial charge in [0, 0.05) is 25.0 Å². The lowest BCUT2D eigenvalue weighted by Gasteiger charge is -2.31. The van der Waals surface area contributed by atoms with E-state index in [9.17, 15) is 9.59 Å². The van der Waals surface area contributed by atoms with Gasteiger partial charge in [0.2, 0.25) is 11.8 Å². The number of aryl methyl sites for hydroxylation is 2. The van der Waals surface area contributed by atoms with E-state index in [0.717, 1.165) is 27.8 Å². The van der Waals surface area contributed by atoms with Crippen LogP contribution in [0, 0.1) is 13.8 Å². The standard InChI is InChI=1S/C27H29ClN2O2/c1-19-13-20(2)15-23(14-19)17-26(31)30(18-22-9-11-24(28)12-10-22)25(27(32)29-3)16-21-7-5-4-6-8-21/h4-15,25H,16-18H2,1-3H3,(H,29,32). The van der Waals surface area contributed by atoms with E-state index in [-0.39, 0.29) is 18.2 Å². The number of likely N-dealkylation sites (N-methyl/N-ethyl adjacent to an activating group) is 1. The molecule has 0 aliphatic carbocycles. The largest absolute Gasteiger partial charge is 0.357 e. The second-order valence-electron chi connectivity index (χ2n) is 8.14. The van der Waals surface area contributed by atoms with Gasteiger partial charge in [0.25, 0.3) is 0 Å². The zero-order chi connectivity index (χ0) is 23.1. The Morgan fingerprint density at radius 2 is 1.50 bits per heavy atom. The molecule has 32 heavy (non-hydrogen) atoms. The first kappa shape index (κ1) is 23.6. The number of halogens is 1. The summed E-state index contributed by atoms with van der Waals surface area (Å²) in [5, 5.41) is 3.38. The van der Waals surface area contributed by atoms with Crippen molar-refractivity contribution in [1.29, 1.82) is 0 Å². The van der Waals surface area contributed by atoms with Crippen molar-refractivity contribution < 1.29 is 9.59 Å². The molecular weight excluding hydrogens is 420 g/mol. The van der Waals surface area contributed by atoms with Gasteiger partial charge in [-0.2, -0.15) is 0 Å². The Labute approximate surface area is 195 Å². The number of hydrogen-bond donors (Lipinski definition) is 1. The van der Waals surface area contributed by atoms with Crippen LogP contribution in [-0.4, -0.2) is 29.8 Å². The Morgan fingerprint density at radius 1 is 0.875 bits per heavy atom. The van der Waals surface area contributed by atoms with E-state index in [4.69, 9.17) is 11.6 Å². The molecule has 3 aromatic rings. The first-order chi connectivity index (χ1) is 15.4. The van der Waals surface area contributed by atoms with Gasteiger partial charge in [-0.15, -0.1) is 0 Å². The first-order valence-corrected chi connectivity index (χ1v) is 11.1. The quantitative estimate of drug-likeness (QED) is 0.533. The summed E-state index contributed by atoms with van der Waals surface area (Å²) in [6.45, 7) is 4.37. The fourth-order valence-electron chi connectivity index (χ4n) is 3.95. The lowest BCUT2D eigenvalue weighted by Crippen LogP contribution is -2.50. The molecule has 0 aliphatic heterocycles. The van der Waals surface area contributed by atoms with E-state index in [2.05, 4.69) is 11.4 Å². The van der Waals surface area contributed by atoms with Crippen molar-refractivity contribution in [2.45, 2.75) is 39.3 Å². The van der Waals surface area contributed by atoms with Crippen molar-refractivity contribution in [3.05, 3.63) is 106 Å². The van der Waals surface area contributed by atoms with E-state index in [0.29, 0.717) is 18.0 Å². The number of nitrogens with zero attached hydrogens (tertiary/aromatic N) is 1. The number of rotatable bonds is 8. The zero-order valence-electron chi connectivity index (χ0n) is 18.8. The summed E-state index contributed by atoms with van der Waals surface area (Å²) in [5.74, 6) is -0.272. The average molecular weight is 449 g/mol. The highest BCUT2D eigenvalue weighted by Crippen LogP contribution is 2.19. The maximum atomic E-state index is 13.6. The van der Waals surface area contributed by atoms with Crippen LogP contribution in [0.4, 0.5) is 0 Å². The topological polar surface area (TPSA) is 49.4 Å². The fraction of sp³-hybridized carbons (Fsp3) is 0.259. The Bertz CT molecular complexity index is 1040. The molecule has 1 unspecified atom stereocenters. The minimum Gasteiger partial charge on any atom is -0.357 e. The summed E-state index contributed by atoms with van der Waals surface area (Å²) in [6, 6.07) is 22.7. The van der Waals surface area contributed by atoms with E-state index in [1.165, 1.54) is 0 Å². The molecule has 5 heteroatoms. The molecule has 0 radical (unpaired) electrons. The highest BCUT2D eigenvalue weighted by molar-refractivity contribution is 6.30. The van der Waals surface area contributed by atoms with Gasteiger partial charge in [0.1, 0.15) is 6.04 Å². The number of benzene rings is 3. The fourth-order valence-corrected chi connectivity index (χ4v) is 4.08. The summed E-state index contributed by atoms with van der Waals surface area (Å²) in [6.07, 6.45) is 0.672. The summed E-state index contributed by atoms with van der Waals surface area (Å²) in [5.41, 5.74) is 5.10. The summed E-state index contributed by atoms with van der Waals surface area (Å²) >= 11 is 6.05. The summed E-state index contributed by atoms with van der Waals surface area (Å²) in [7, 11) is 1.61. The molecule has 0 fully saturated rings. The minimum absolute atomic E-state index is 0.0884. The lowest BCUT2D eigenvalue weighted by atomic mass is 10.0. The number of carbonyl (C=O) groups is 2. The average Bonchev–Trinajstić information content (AvgIpc) is 2.76. The molecule has 0 spiro atoms. The van der Waals surface area contributed by atoms with Crippen LogP contribution in [0.3, 0.4) is 0 Å². The molecule has 0 aliphatic rings. The van der Waals surface area contributed by atoms with Crippen LogP contribution in [0.1, 0.15) is 27.8 Å². The van der Waals surface area contributed by atoms with Crippen molar-refractivity contribution in [3.8, 4) is 0 Å². The third kappa shape index (κ3) is 6.44. The van der Waals surface area contributed by atoms with Crippen molar-refractivity contribution in [1.82, 2.24) is 10.2 Å². The molecule has 0 saturated carbocycles. The van der Waals surface area contributed by atoms with Gasteiger partial charge in [0.05, 0.1) is 6.42 Å². The maximum Gasteiger partial charge on any atom is 0.242 e. The second-order valence-corrected chi connectivity index (χ2v) is 8.58. The van der Waals surface area contributed by atoms with E-state index in [1.54, 1.807) is 24.1 Å². The summed E-state index contributed by atoms with van der Waals surface area (Å²) < 4.78 is 0. The maximum absolute atomic E-state index is 13.6. The monoisotopic (exact) mass is 448 g/mol. The third-order valence-corrected chi connectivity index (χ3v) is 5.67. The van der Waals surface area contributed by atoms with Gasteiger partial charge in [-0.3, -0.25) is 9.59 Å². The van der Waals surface area contributed by atoms with Gasteiger partial charge < -0.3 is 10.2 Å². The van der Waals surface area contributed by atoms with Crippen LogP contribution in [0.5, 0.6) is 0 Å². The summed E-state index contributed by atoms with van der Waals surface area (Å²) in [4.78, 5) is 28.2. The molecule has 0 aromatic heterocycles. The van der Waals surface area contributed by atoms with Gasteiger partial charge in [0.15, 0.2) is 0 Å². The van der Waals surface area contributed by atoms with Crippen molar-refractivity contribution in [3.63, 3.8) is 0 Å². The highest BCUT2D eigenvalue weighted by Gasteiger charge is 2.29. The Balaban J connectivity index is 1.95. The molecule has 3 rings (SSSR count). The molecule has 2 amide bonds. The van der Waals surface area contributed by atoms with E-state index in [1.807, 2.05) is 68.4 Å². The van der Waals surface area contributed by atoms with Crippen molar-refractivity contribution >= 4 is 23.4 Å². The second kappa shape index (κ2) is 11.0. The van der Waals surface area contributed by atoms with Gasteiger partial charge >= 0.3 is 0 Å². The van der Waals surface area contributed by atoms with Crippen LogP contribution in [0.15, 0.2) is 72.8 Å². The molecule has 0 heterocycles. The molecule has 1 atom stereocenters. The SMILES string of the molecule is CNC(=O)C(Cc1ccccc1)N(Cc1ccc(Cl)cc1)C(=O)Cc1cc(C)cc(C)c1. The Kier molecular flexibility index (Phi) is 8.07. The predicted molar refractivity (Wildman–Crippen MR) is 130 cm³/mol. The van der Waals surface area contributed by atoms with E-state index < -0.39 is 6.04 Å². The smallest absolute Gasteiger partial charge is 0.242 e. The number of carbonyl (C=O) groups excluding carboxylic acids is 2. The highest BCUT2D eigenvalue weighted by atomic mass is 35.5. The third-order valence-electron chi connectivity index (χ3n) is 5.42. The molecule has 166 valence electrons. The van der Waals surface area contributed by atoms with Crippen LogP contribution in [0.2, 0.25) is 5.02 Å².